The van der Waals surface area contributed by atoms with Crippen LogP contribution in [0, 0.1) is 52.3 Å². The summed E-state index contributed by atoms with van der Waals surface area (Å²) in [6.07, 6.45) is -3.88. The van der Waals surface area contributed by atoms with E-state index in [1.807, 2.05) is 0 Å². The number of hydrogen-bond donors (Lipinski definition) is 7. The number of fused-ring (bicyclic) bond motifs is 7. The van der Waals surface area contributed by atoms with Crippen LogP contribution in [0.3, 0.4) is 0 Å². The zero-order valence-corrected chi connectivity index (χ0v) is 31.2. The van der Waals surface area contributed by atoms with Gasteiger partial charge in [0.1, 0.15) is 48.8 Å². The van der Waals surface area contributed by atoms with E-state index >= 15 is 0 Å². The lowest BCUT2D eigenvalue weighted by Crippen LogP contribution is -2.65. The van der Waals surface area contributed by atoms with Gasteiger partial charge in [0.2, 0.25) is 0 Å². The first-order chi connectivity index (χ1) is 24.7. The summed E-state index contributed by atoms with van der Waals surface area (Å²) in [4.78, 5) is 0. The van der Waals surface area contributed by atoms with E-state index in [9.17, 15) is 35.7 Å². The smallest absolute Gasteiger partial charge is 0.187 e. The Balaban J connectivity index is 0.942. The van der Waals surface area contributed by atoms with Crippen molar-refractivity contribution in [3.63, 3.8) is 0 Å². The van der Waals surface area contributed by atoms with Crippen LogP contribution in [0.15, 0.2) is 0 Å². The number of aliphatic hydroxyl groups excluding tert-OH is 7. The van der Waals surface area contributed by atoms with Gasteiger partial charge in [0.15, 0.2) is 18.4 Å². The molecule has 1 spiro atoms. The first kappa shape index (κ1) is 38.4. The topological polar surface area (TPSA) is 197 Å². The van der Waals surface area contributed by atoms with E-state index in [0.29, 0.717) is 41.4 Å². The molecule has 13 nitrogen and oxygen atoms in total. The van der Waals surface area contributed by atoms with Crippen LogP contribution in [-0.2, 0) is 28.4 Å². The predicted molar refractivity (Wildman–Crippen MR) is 183 cm³/mol. The Kier molecular flexibility index (Phi) is 10.4. The van der Waals surface area contributed by atoms with Crippen LogP contribution in [0.4, 0.5) is 0 Å². The zero-order chi connectivity index (χ0) is 36.9. The molecule has 8 fully saturated rings. The summed E-state index contributed by atoms with van der Waals surface area (Å²) in [6, 6.07) is 0. The Morgan fingerprint density at radius 2 is 1.37 bits per heavy atom. The molecular weight excluding hydrogens is 676 g/mol. The van der Waals surface area contributed by atoms with Gasteiger partial charge < -0.3 is 64.2 Å². The SMILES string of the molecule is C[C@@H]1CC[C@@]2(OC1)O[C@H]1C[C@H]3[C@@H]4CC[C@H]5C[C@@H](O[C@@H]6O[C@H](CO)[C@@H](O)[C@H](O)[C@H]6O[C@@H]6O[C@H](CO)[C@@H](O)[C@H](O)[C@H]6O)CC[C@]5(C)[C@H]4CC[C@]3(C)[C@H]1[C@@H]2C. The van der Waals surface area contributed by atoms with E-state index in [4.69, 9.17) is 28.4 Å². The minimum Gasteiger partial charge on any atom is -0.394 e. The molecule has 0 radical (unpaired) electrons. The third kappa shape index (κ3) is 5.98. The number of hydrogen-bond acceptors (Lipinski definition) is 13. The number of ether oxygens (including phenoxy) is 6. The van der Waals surface area contributed by atoms with Gasteiger partial charge in [-0.05, 0) is 104 Å². The van der Waals surface area contributed by atoms with E-state index in [1.54, 1.807) is 0 Å². The second-order valence-electron chi connectivity index (χ2n) is 18.7. The zero-order valence-electron chi connectivity index (χ0n) is 31.2. The molecule has 8 rings (SSSR count). The van der Waals surface area contributed by atoms with E-state index in [-0.39, 0.29) is 23.0 Å². The Morgan fingerprint density at radius 3 is 2.06 bits per heavy atom. The van der Waals surface area contributed by atoms with Crippen molar-refractivity contribution < 1.29 is 64.2 Å². The summed E-state index contributed by atoms with van der Waals surface area (Å²) in [6.45, 7) is 9.33. The highest BCUT2D eigenvalue weighted by atomic mass is 16.8. The van der Waals surface area contributed by atoms with Crippen LogP contribution in [-0.4, -0.2) is 135 Å². The molecule has 298 valence electrons. The molecule has 4 aliphatic heterocycles. The first-order valence-corrected chi connectivity index (χ1v) is 20.3. The molecule has 52 heavy (non-hydrogen) atoms. The molecule has 0 aromatic carbocycles. The summed E-state index contributed by atoms with van der Waals surface area (Å²) >= 11 is 0. The summed E-state index contributed by atoms with van der Waals surface area (Å²) in [5.41, 5.74) is 0.425. The van der Waals surface area contributed by atoms with Crippen molar-refractivity contribution in [1.82, 2.24) is 0 Å². The van der Waals surface area contributed by atoms with E-state index < -0.39 is 80.4 Å². The van der Waals surface area contributed by atoms with Crippen LogP contribution in [0.25, 0.3) is 0 Å². The lowest BCUT2D eigenvalue weighted by molar-refractivity contribution is -0.373. The molecule has 0 unspecified atom stereocenters. The highest BCUT2D eigenvalue weighted by Gasteiger charge is 2.69. The maximum absolute atomic E-state index is 11.1. The highest BCUT2D eigenvalue weighted by molar-refractivity contribution is 5.15. The van der Waals surface area contributed by atoms with Gasteiger partial charge in [0, 0.05) is 12.3 Å². The summed E-state index contributed by atoms with van der Waals surface area (Å²) in [5, 5.41) is 72.7. The van der Waals surface area contributed by atoms with E-state index in [1.165, 1.54) is 25.7 Å². The molecule has 22 atom stereocenters. The molecule has 7 N–H and O–H groups in total. The molecule has 4 heterocycles. The Hall–Kier alpha value is -0.520. The molecule has 0 amide bonds. The summed E-state index contributed by atoms with van der Waals surface area (Å²) in [7, 11) is 0. The van der Waals surface area contributed by atoms with Crippen molar-refractivity contribution in [3.05, 3.63) is 0 Å². The molecule has 8 aliphatic rings. The third-order valence-corrected chi connectivity index (χ3v) is 16.2. The molecule has 4 aliphatic carbocycles. The highest BCUT2D eigenvalue weighted by Crippen LogP contribution is 2.71. The van der Waals surface area contributed by atoms with Gasteiger partial charge in [-0.15, -0.1) is 0 Å². The molecular formula is C39H64O13. The summed E-state index contributed by atoms with van der Waals surface area (Å²) < 4.78 is 37.5. The van der Waals surface area contributed by atoms with Crippen LogP contribution in [0.1, 0.15) is 91.9 Å². The second-order valence-corrected chi connectivity index (χ2v) is 18.7. The lowest BCUT2D eigenvalue weighted by atomic mass is 9.44. The van der Waals surface area contributed by atoms with Crippen LogP contribution in [0.5, 0.6) is 0 Å². The first-order valence-electron chi connectivity index (χ1n) is 20.3. The molecule has 0 bridgehead atoms. The molecule has 13 heteroatoms. The van der Waals surface area contributed by atoms with Crippen molar-refractivity contribution in [2.75, 3.05) is 19.8 Å². The van der Waals surface area contributed by atoms with Gasteiger partial charge in [-0.1, -0.05) is 27.7 Å². The molecule has 0 aromatic rings. The fourth-order valence-corrected chi connectivity index (χ4v) is 13.2. The van der Waals surface area contributed by atoms with Crippen LogP contribution < -0.4 is 0 Å². The van der Waals surface area contributed by atoms with Gasteiger partial charge in [-0.25, -0.2) is 0 Å². The fourth-order valence-electron chi connectivity index (χ4n) is 13.2. The number of rotatable bonds is 6. The van der Waals surface area contributed by atoms with Gasteiger partial charge >= 0.3 is 0 Å². The van der Waals surface area contributed by atoms with E-state index in [2.05, 4.69) is 27.7 Å². The van der Waals surface area contributed by atoms with Gasteiger partial charge in [-0.2, -0.15) is 0 Å². The average molecular weight is 741 g/mol. The van der Waals surface area contributed by atoms with Crippen LogP contribution in [0.2, 0.25) is 0 Å². The quantitative estimate of drug-likeness (QED) is 0.194. The lowest BCUT2D eigenvalue weighted by Gasteiger charge is -2.61. The largest absolute Gasteiger partial charge is 0.394 e. The monoisotopic (exact) mass is 740 g/mol. The molecule has 0 aromatic heterocycles. The van der Waals surface area contributed by atoms with E-state index in [0.717, 1.165) is 45.1 Å². The van der Waals surface area contributed by atoms with Crippen molar-refractivity contribution in [1.29, 1.82) is 0 Å². The van der Waals surface area contributed by atoms with Crippen molar-refractivity contribution in [3.8, 4) is 0 Å². The average Bonchev–Trinajstić information content (AvgIpc) is 3.58. The van der Waals surface area contributed by atoms with Crippen molar-refractivity contribution in [2.24, 2.45) is 52.3 Å². The van der Waals surface area contributed by atoms with Crippen molar-refractivity contribution in [2.45, 2.75) is 171 Å². The molecule has 4 saturated heterocycles. The maximum Gasteiger partial charge on any atom is 0.187 e. The normalized spacial score (nSPS) is 59.0. The minimum absolute atomic E-state index is 0.168. The third-order valence-electron chi connectivity index (χ3n) is 16.2. The fraction of sp³-hybridized carbons (Fsp3) is 1.00. The summed E-state index contributed by atoms with van der Waals surface area (Å²) in [5.74, 6) is 3.51. The Labute approximate surface area is 307 Å². The van der Waals surface area contributed by atoms with Crippen LogP contribution >= 0.6 is 0 Å². The Bertz CT molecular complexity index is 1260. The second kappa shape index (κ2) is 14.1. The van der Waals surface area contributed by atoms with Gasteiger partial charge in [0.25, 0.3) is 0 Å². The van der Waals surface area contributed by atoms with Crippen molar-refractivity contribution >= 4 is 0 Å². The maximum atomic E-state index is 11.1. The predicted octanol–water partition coefficient (Wildman–Crippen LogP) is 1.44. The Morgan fingerprint density at radius 1 is 0.673 bits per heavy atom. The van der Waals surface area contributed by atoms with Gasteiger partial charge in [0.05, 0.1) is 32.0 Å². The minimum atomic E-state index is -1.71. The number of aliphatic hydroxyl groups is 7. The standard InChI is InChI=1S/C39H64O13/c1-18-7-12-39(47-17-18)19(2)28-25(52-39)14-24-22-6-5-20-13-21(8-10-37(20,3)23(22)9-11-38(24,28)4)48-36-34(32(45)30(43)27(16-41)50-36)51-35-33(46)31(44)29(42)26(15-40)49-35/h18-36,40-46H,5-17H2,1-4H3/t18-,19+,20+,21+,22-,23+,24+,25+,26-,27-,28+,29-,30-,31+,32+,33-,34-,35+,36-,37+,38+,39-/m1/s1. The molecule has 4 saturated carbocycles. The van der Waals surface area contributed by atoms with Gasteiger partial charge in [-0.3, -0.25) is 0 Å².